The van der Waals surface area contributed by atoms with Gasteiger partial charge in [0, 0.05) is 6.61 Å². The van der Waals surface area contributed by atoms with E-state index in [1.54, 1.807) is 0 Å². The normalized spacial score (nSPS) is 20.8. The second kappa shape index (κ2) is 6.19. The van der Waals surface area contributed by atoms with Crippen molar-refractivity contribution in [3.63, 3.8) is 0 Å². The van der Waals surface area contributed by atoms with Crippen LogP contribution in [-0.4, -0.2) is 43.3 Å². The fraction of sp³-hybridized carbons (Fsp3) is 0.375. The molecule has 0 bridgehead atoms. The zero-order valence-electron chi connectivity index (χ0n) is 12.4. The minimum absolute atomic E-state index is 0.136. The monoisotopic (exact) mass is 302 g/mol. The first-order valence-corrected chi connectivity index (χ1v) is 7.33. The molecule has 1 atom stereocenters. The van der Waals surface area contributed by atoms with E-state index in [1.807, 2.05) is 37.3 Å². The smallest absolute Gasteiger partial charge is 0.338 e. The highest BCUT2D eigenvalue weighted by atomic mass is 16.5. The molecule has 22 heavy (non-hydrogen) atoms. The zero-order chi connectivity index (χ0) is 15.5. The highest BCUT2D eigenvalue weighted by Gasteiger charge is 2.41. The number of hydrogen-bond donors (Lipinski definition) is 1. The topological polar surface area (TPSA) is 67.9 Å². The summed E-state index contributed by atoms with van der Waals surface area (Å²) in [6.07, 6.45) is 0. The Morgan fingerprint density at radius 3 is 2.82 bits per heavy atom. The van der Waals surface area contributed by atoms with Crippen LogP contribution < -0.4 is 5.32 Å². The van der Waals surface area contributed by atoms with Gasteiger partial charge in [0.15, 0.2) is 0 Å². The van der Waals surface area contributed by atoms with Gasteiger partial charge in [-0.3, -0.25) is 4.90 Å². The van der Waals surface area contributed by atoms with E-state index in [9.17, 15) is 9.59 Å². The highest BCUT2D eigenvalue weighted by molar-refractivity contribution is 5.97. The van der Waals surface area contributed by atoms with Gasteiger partial charge in [-0.2, -0.15) is 0 Å². The number of amides is 2. The van der Waals surface area contributed by atoms with Gasteiger partial charge in [0.1, 0.15) is 6.61 Å². The van der Waals surface area contributed by atoms with Gasteiger partial charge in [-0.05, 0) is 12.5 Å². The van der Waals surface area contributed by atoms with Crippen molar-refractivity contribution in [3.8, 4) is 0 Å². The minimum Gasteiger partial charge on any atom is -0.456 e. The first-order chi connectivity index (χ1) is 10.7. The predicted octanol–water partition coefficient (Wildman–Crippen LogP) is 1.60. The van der Waals surface area contributed by atoms with Crippen LogP contribution in [0.25, 0.3) is 0 Å². The molecular weight excluding hydrogens is 284 g/mol. The lowest BCUT2D eigenvalue weighted by Gasteiger charge is -2.32. The standard InChI is InChI=1S/C16H18N2O4/c1-2-21-9-8-18-12-10-22-15(19)13(12)14(17-16(18)20)11-6-4-3-5-7-11/h3-7,14H,2,8-10H2,1H3,(H,17,20)/t14-/m1/s1. The van der Waals surface area contributed by atoms with Gasteiger partial charge in [-0.15, -0.1) is 0 Å². The summed E-state index contributed by atoms with van der Waals surface area (Å²) in [5.41, 5.74) is 2.02. The van der Waals surface area contributed by atoms with Crippen LogP contribution in [0.1, 0.15) is 18.5 Å². The summed E-state index contributed by atoms with van der Waals surface area (Å²) in [4.78, 5) is 26.0. The molecule has 1 aromatic carbocycles. The average molecular weight is 302 g/mol. The number of carbonyl (C=O) groups excluding carboxylic acids is 2. The molecule has 0 aromatic heterocycles. The zero-order valence-corrected chi connectivity index (χ0v) is 12.4. The van der Waals surface area contributed by atoms with Gasteiger partial charge < -0.3 is 14.8 Å². The molecule has 0 unspecified atom stereocenters. The van der Waals surface area contributed by atoms with Crippen LogP contribution >= 0.6 is 0 Å². The molecule has 0 fully saturated rings. The molecule has 1 N–H and O–H groups in total. The minimum atomic E-state index is -0.456. The van der Waals surface area contributed by atoms with Gasteiger partial charge in [-0.25, -0.2) is 9.59 Å². The number of esters is 1. The maximum atomic E-state index is 12.4. The molecule has 3 rings (SSSR count). The number of cyclic esters (lactones) is 1. The van der Waals surface area contributed by atoms with Crippen molar-refractivity contribution < 1.29 is 19.1 Å². The Balaban J connectivity index is 1.92. The van der Waals surface area contributed by atoms with E-state index in [0.29, 0.717) is 31.0 Å². The first-order valence-electron chi connectivity index (χ1n) is 7.33. The van der Waals surface area contributed by atoms with E-state index in [-0.39, 0.29) is 18.6 Å². The predicted molar refractivity (Wildman–Crippen MR) is 78.9 cm³/mol. The van der Waals surface area contributed by atoms with E-state index in [1.165, 1.54) is 4.90 Å². The second-order valence-corrected chi connectivity index (χ2v) is 5.08. The number of carbonyl (C=O) groups is 2. The molecule has 1 aromatic rings. The molecule has 0 saturated heterocycles. The van der Waals surface area contributed by atoms with Crippen molar-refractivity contribution in [2.45, 2.75) is 13.0 Å². The fourth-order valence-corrected chi connectivity index (χ4v) is 2.74. The van der Waals surface area contributed by atoms with Crippen LogP contribution in [0.2, 0.25) is 0 Å². The third kappa shape index (κ3) is 2.57. The number of urea groups is 1. The van der Waals surface area contributed by atoms with Crippen molar-refractivity contribution in [1.82, 2.24) is 10.2 Å². The fourth-order valence-electron chi connectivity index (χ4n) is 2.74. The van der Waals surface area contributed by atoms with E-state index in [4.69, 9.17) is 9.47 Å². The van der Waals surface area contributed by atoms with E-state index < -0.39 is 6.04 Å². The Hall–Kier alpha value is -2.34. The Kier molecular flexibility index (Phi) is 4.11. The number of nitrogens with one attached hydrogen (secondary N) is 1. The maximum absolute atomic E-state index is 12.4. The van der Waals surface area contributed by atoms with Crippen molar-refractivity contribution in [2.75, 3.05) is 26.4 Å². The van der Waals surface area contributed by atoms with Crippen LogP contribution in [0.3, 0.4) is 0 Å². The Bertz CT molecular complexity index is 612. The van der Waals surface area contributed by atoms with Crippen molar-refractivity contribution in [1.29, 1.82) is 0 Å². The lowest BCUT2D eigenvalue weighted by Crippen LogP contribution is -2.48. The average Bonchev–Trinajstić information content (AvgIpc) is 2.92. The third-order valence-corrected chi connectivity index (χ3v) is 3.79. The summed E-state index contributed by atoms with van der Waals surface area (Å²) < 4.78 is 10.5. The van der Waals surface area contributed by atoms with Gasteiger partial charge in [0.05, 0.1) is 30.5 Å². The summed E-state index contributed by atoms with van der Waals surface area (Å²) in [5.74, 6) is -0.370. The Morgan fingerprint density at radius 1 is 1.32 bits per heavy atom. The second-order valence-electron chi connectivity index (χ2n) is 5.08. The quantitative estimate of drug-likeness (QED) is 0.662. The van der Waals surface area contributed by atoms with Crippen LogP contribution in [0.15, 0.2) is 41.6 Å². The highest BCUT2D eigenvalue weighted by Crippen LogP contribution is 2.34. The molecule has 0 radical (unpaired) electrons. The first kappa shape index (κ1) is 14.6. The molecule has 2 aliphatic rings. The van der Waals surface area contributed by atoms with Crippen molar-refractivity contribution in [2.24, 2.45) is 0 Å². The molecule has 2 aliphatic heterocycles. The summed E-state index contributed by atoms with van der Waals surface area (Å²) in [6, 6.07) is 8.74. The molecule has 116 valence electrons. The summed E-state index contributed by atoms with van der Waals surface area (Å²) >= 11 is 0. The summed E-state index contributed by atoms with van der Waals surface area (Å²) in [7, 11) is 0. The molecular formula is C16H18N2O4. The van der Waals surface area contributed by atoms with Crippen LogP contribution in [-0.2, 0) is 14.3 Å². The SMILES string of the molecule is CCOCCN1C(=O)N[C@H](c2ccccc2)C2=C1COC2=O. The van der Waals surface area contributed by atoms with Crippen LogP contribution in [0.5, 0.6) is 0 Å². The van der Waals surface area contributed by atoms with Gasteiger partial charge in [-0.1, -0.05) is 30.3 Å². The van der Waals surface area contributed by atoms with E-state index in [0.717, 1.165) is 5.56 Å². The van der Waals surface area contributed by atoms with Crippen molar-refractivity contribution >= 4 is 12.0 Å². The lowest BCUT2D eigenvalue weighted by molar-refractivity contribution is -0.136. The molecule has 2 heterocycles. The van der Waals surface area contributed by atoms with Crippen LogP contribution in [0.4, 0.5) is 4.79 Å². The van der Waals surface area contributed by atoms with Crippen molar-refractivity contribution in [3.05, 3.63) is 47.2 Å². The number of benzene rings is 1. The summed E-state index contributed by atoms with van der Waals surface area (Å²) in [6.45, 7) is 3.44. The maximum Gasteiger partial charge on any atom is 0.338 e. The number of rotatable bonds is 5. The molecule has 2 amide bonds. The largest absolute Gasteiger partial charge is 0.456 e. The molecule has 0 spiro atoms. The van der Waals surface area contributed by atoms with Gasteiger partial charge in [0.2, 0.25) is 0 Å². The van der Waals surface area contributed by atoms with Crippen LogP contribution in [0, 0.1) is 0 Å². The van der Waals surface area contributed by atoms with E-state index >= 15 is 0 Å². The Labute approximate surface area is 128 Å². The number of hydrogen-bond acceptors (Lipinski definition) is 4. The number of ether oxygens (including phenoxy) is 2. The lowest BCUT2D eigenvalue weighted by atomic mass is 9.96. The molecule has 0 aliphatic carbocycles. The molecule has 0 saturated carbocycles. The summed E-state index contributed by atoms with van der Waals surface area (Å²) in [5, 5.41) is 2.88. The molecule has 6 nitrogen and oxygen atoms in total. The Morgan fingerprint density at radius 2 is 2.09 bits per heavy atom. The van der Waals surface area contributed by atoms with E-state index in [2.05, 4.69) is 5.32 Å². The third-order valence-electron chi connectivity index (χ3n) is 3.79. The van der Waals surface area contributed by atoms with Gasteiger partial charge >= 0.3 is 12.0 Å². The molecule has 6 heteroatoms. The van der Waals surface area contributed by atoms with Gasteiger partial charge in [0.25, 0.3) is 0 Å². The number of nitrogens with zero attached hydrogens (tertiary/aromatic N) is 1.